The number of amides is 2. The number of carbonyl (C=O) groups excluding carboxylic acids is 2. The van der Waals surface area contributed by atoms with E-state index in [4.69, 9.17) is 4.74 Å². The van der Waals surface area contributed by atoms with Crippen molar-refractivity contribution in [2.75, 3.05) is 19.7 Å². The summed E-state index contributed by atoms with van der Waals surface area (Å²) in [7, 11) is 0. The topological polar surface area (TPSA) is 89.4 Å². The molecule has 1 unspecified atom stereocenters. The van der Waals surface area contributed by atoms with Crippen LogP contribution in [0.25, 0.3) is 10.9 Å². The van der Waals surface area contributed by atoms with E-state index < -0.39 is 6.10 Å². The van der Waals surface area contributed by atoms with Gasteiger partial charge in [0.1, 0.15) is 12.4 Å². The number of hydrogen-bond acceptors (Lipinski definition) is 5. The average molecular weight is 407 g/mol. The van der Waals surface area contributed by atoms with Gasteiger partial charge in [-0.2, -0.15) is 0 Å². The Hall–Kier alpha value is -3.26. The Balaban J connectivity index is 1.35. The molecule has 1 atom stereocenters. The van der Waals surface area contributed by atoms with Gasteiger partial charge in [-0.05, 0) is 37.4 Å². The van der Waals surface area contributed by atoms with Gasteiger partial charge in [0.15, 0.2) is 6.10 Å². The van der Waals surface area contributed by atoms with Crippen molar-refractivity contribution in [1.29, 1.82) is 0 Å². The van der Waals surface area contributed by atoms with Gasteiger partial charge < -0.3 is 19.5 Å². The zero-order valence-corrected chi connectivity index (χ0v) is 17.2. The van der Waals surface area contributed by atoms with Crippen molar-refractivity contribution in [1.82, 2.24) is 24.8 Å². The van der Waals surface area contributed by atoms with E-state index in [1.165, 1.54) is 0 Å². The lowest BCUT2D eigenvalue weighted by Gasteiger charge is -2.32. The molecule has 1 aliphatic rings. The molecule has 1 fully saturated rings. The van der Waals surface area contributed by atoms with Gasteiger partial charge in [0, 0.05) is 29.6 Å². The van der Waals surface area contributed by atoms with Crippen LogP contribution in [0.5, 0.6) is 0 Å². The van der Waals surface area contributed by atoms with Crippen LogP contribution in [0.3, 0.4) is 0 Å². The molecular weight excluding hydrogens is 382 g/mol. The van der Waals surface area contributed by atoms with Crippen molar-refractivity contribution in [3.8, 4) is 0 Å². The number of aryl methyl sites for hydroxylation is 2. The number of aromatic nitrogens is 3. The van der Waals surface area contributed by atoms with Crippen molar-refractivity contribution in [2.45, 2.75) is 33.0 Å². The molecule has 1 saturated heterocycles. The molecule has 156 valence electrons. The number of nitrogens with one attached hydrogen (secondary N) is 1. The van der Waals surface area contributed by atoms with E-state index in [9.17, 15) is 9.59 Å². The first-order valence-corrected chi connectivity index (χ1v) is 10.0. The fourth-order valence-corrected chi connectivity index (χ4v) is 3.72. The molecule has 2 aromatic heterocycles. The van der Waals surface area contributed by atoms with Crippen LogP contribution in [0.15, 0.2) is 42.6 Å². The van der Waals surface area contributed by atoms with Gasteiger partial charge in [0.2, 0.25) is 5.91 Å². The van der Waals surface area contributed by atoms with Crippen molar-refractivity contribution < 1.29 is 14.3 Å². The standard InChI is InChI=1S/C22H25N5O3/c1-15-11-16(2)25-20(24-15)12-23-22(29)19-13-27(9-10-30-19)21(28)14-26-8-7-17-5-3-4-6-18(17)26/h3-8,11,19H,9-10,12-14H2,1-2H3,(H,23,29). The number of para-hydroxylation sites is 1. The van der Waals surface area contributed by atoms with Crippen LogP contribution in [0.2, 0.25) is 0 Å². The number of nitrogens with zero attached hydrogens (tertiary/aromatic N) is 4. The predicted octanol–water partition coefficient (Wildman–Crippen LogP) is 1.59. The Morgan fingerprint density at radius 2 is 1.93 bits per heavy atom. The number of ether oxygens (including phenoxy) is 1. The maximum absolute atomic E-state index is 12.8. The highest BCUT2D eigenvalue weighted by atomic mass is 16.5. The van der Waals surface area contributed by atoms with Crippen LogP contribution in [0.1, 0.15) is 17.2 Å². The molecule has 1 aliphatic heterocycles. The number of fused-ring (bicyclic) bond motifs is 1. The maximum Gasteiger partial charge on any atom is 0.251 e. The van der Waals surface area contributed by atoms with Gasteiger partial charge in [-0.15, -0.1) is 0 Å². The van der Waals surface area contributed by atoms with Crippen LogP contribution < -0.4 is 5.32 Å². The molecule has 3 aromatic rings. The molecule has 2 amide bonds. The lowest BCUT2D eigenvalue weighted by molar-refractivity contribution is -0.147. The zero-order chi connectivity index (χ0) is 21.1. The van der Waals surface area contributed by atoms with Gasteiger partial charge >= 0.3 is 0 Å². The first-order chi connectivity index (χ1) is 14.5. The van der Waals surface area contributed by atoms with Crippen molar-refractivity contribution in [3.05, 3.63) is 59.8 Å². The van der Waals surface area contributed by atoms with Gasteiger partial charge in [-0.3, -0.25) is 9.59 Å². The summed E-state index contributed by atoms with van der Waals surface area (Å²) in [5.74, 6) is 0.265. The number of benzene rings is 1. The second-order valence-electron chi connectivity index (χ2n) is 7.49. The lowest BCUT2D eigenvalue weighted by atomic mass is 10.2. The normalized spacial score (nSPS) is 16.6. The number of morpholine rings is 1. The van der Waals surface area contributed by atoms with E-state index in [2.05, 4.69) is 15.3 Å². The van der Waals surface area contributed by atoms with Crippen molar-refractivity contribution in [2.24, 2.45) is 0 Å². The Morgan fingerprint density at radius 3 is 2.73 bits per heavy atom. The van der Waals surface area contributed by atoms with Crippen LogP contribution >= 0.6 is 0 Å². The van der Waals surface area contributed by atoms with E-state index in [-0.39, 0.29) is 31.4 Å². The fourth-order valence-electron chi connectivity index (χ4n) is 3.72. The van der Waals surface area contributed by atoms with Crippen molar-refractivity contribution >= 4 is 22.7 Å². The summed E-state index contributed by atoms with van der Waals surface area (Å²) in [6.45, 7) is 5.28. The second kappa shape index (κ2) is 8.62. The summed E-state index contributed by atoms with van der Waals surface area (Å²) in [6, 6.07) is 11.8. The highest BCUT2D eigenvalue weighted by Crippen LogP contribution is 2.16. The quantitative estimate of drug-likeness (QED) is 0.694. The Morgan fingerprint density at radius 1 is 1.17 bits per heavy atom. The molecule has 1 aromatic carbocycles. The minimum absolute atomic E-state index is 0.0323. The molecule has 0 radical (unpaired) electrons. The zero-order valence-electron chi connectivity index (χ0n) is 17.2. The van der Waals surface area contributed by atoms with Gasteiger partial charge in [0.25, 0.3) is 5.91 Å². The van der Waals surface area contributed by atoms with E-state index in [0.29, 0.717) is 19.0 Å². The molecule has 8 nitrogen and oxygen atoms in total. The lowest BCUT2D eigenvalue weighted by Crippen LogP contribution is -2.52. The summed E-state index contributed by atoms with van der Waals surface area (Å²) in [4.78, 5) is 35.7. The SMILES string of the molecule is Cc1cc(C)nc(CNC(=O)C2CN(C(=O)Cn3ccc4ccccc43)CCO2)n1. The highest BCUT2D eigenvalue weighted by molar-refractivity contribution is 5.85. The number of carbonyl (C=O) groups is 2. The second-order valence-corrected chi connectivity index (χ2v) is 7.49. The molecule has 0 spiro atoms. The molecule has 0 aliphatic carbocycles. The first kappa shape index (κ1) is 20.0. The largest absolute Gasteiger partial charge is 0.365 e. The molecule has 30 heavy (non-hydrogen) atoms. The maximum atomic E-state index is 12.8. The minimum atomic E-state index is -0.699. The summed E-state index contributed by atoms with van der Waals surface area (Å²) >= 11 is 0. The van der Waals surface area contributed by atoms with Gasteiger partial charge in [-0.1, -0.05) is 18.2 Å². The number of rotatable bonds is 5. The van der Waals surface area contributed by atoms with E-state index in [1.807, 2.05) is 61.0 Å². The molecule has 4 rings (SSSR count). The van der Waals surface area contributed by atoms with E-state index >= 15 is 0 Å². The number of hydrogen-bond donors (Lipinski definition) is 1. The van der Waals surface area contributed by atoms with Crippen LogP contribution in [-0.2, 0) is 27.4 Å². The first-order valence-electron chi connectivity index (χ1n) is 10.0. The average Bonchev–Trinajstić information content (AvgIpc) is 3.14. The molecule has 3 heterocycles. The monoisotopic (exact) mass is 407 g/mol. The fraction of sp³-hybridized carbons (Fsp3) is 0.364. The predicted molar refractivity (Wildman–Crippen MR) is 112 cm³/mol. The third-order valence-corrected chi connectivity index (χ3v) is 5.15. The molecule has 0 bridgehead atoms. The summed E-state index contributed by atoms with van der Waals surface area (Å²) in [5, 5.41) is 3.92. The highest BCUT2D eigenvalue weighted by Gasteiger charge is 2.29. The summed E-state index contributed by atoms with van der Waals surface area (Å²) < 4.78 is 7.54. The molecule has 1 N–H and O–H groups in total. The van der Waals surface area contributed by atoms with Gasteiger partial charge in [-0.25, -0.2) is 9.97 Å². The van der Waals surface area contributed by atoms with E-state index in [1.54, 1.807) is 4.90 Å². The molecule has 0 saturated carbocycles. The van der Waals surface area contributed by atoms with Crippen LogP contribution in [-0.4, -0.2) is 57.0 Å². The van der Waals surface area contributed by atoms with Crippen LogP contribution in [0.4, 0.5) is 0 Å². The Labute approximate surface area is 174 Å². The third-order valence-electron chi connectivity index (χ3n) is 5.15. The third kappa shape index (κ3) is 4.49. The minimum Gasteiger partial charge on any atom is -0.365 e. The summed E-state index contributed by atoms with van der Waals surface area (Å²) in [5.41, 5.74) is 2.73. The van der Waals surface area contributed by atoms with Crippen molar-refractivity contribution in [3.63, 3.8) is 0 Å². The molecule has 8 heteroatoms. The Kier molecular flexibility index (Phi) is 5.76. The molecular formula is C22H25N5O3. The van der Waals surface area contributed by atoms with E-state index in [0.717, 1.165) is 22.3 Å². The summed E-state index contributed by atoms with van der Waals surface area (Å²) in [6.07, 6.45) is 1.21. The van der Waals surface area contributed by atoms with Gasteiger partial charge in [0.05, 0.1) is 19.7 Å². The van der Waals surface area contributed by atoms with Crippen LogP contribution in [0, 0.1) is 13.8 Å². The smallest absolute Gasteiger partial charge is 0.251 e. The Bertz CT molecular complexity index is 1060.